The first-order valence-electron chi connectivity index (χ1n) is 14.8. The fourth-order valence-corrected chi connectivity index (χ4v) is 5.31. The van der Waals surface area contributed by atoms with Crippen molar-refractivity contribution in [1.82, 2.24) is 10.3 Å². The molecule has 7 heteroatoms. The number of nitrogens with one attached hydrogen (secondary N) is 3. The van der Waals surface area contributed by atoms with Gasteiger partial charge in [0.2, 0.25) is 0 Å². The number of carbonyl (C=O) groups is 1. The van der Waals surface area contributed by atoms with Gasteiger partial charge in [0.05, 0.1) is 19.9 Å². The lowest BCUT2D eigenvalue weighted by atomic mass is 9.86. The molecule has 5 rings (SSSR count). The van der Waals surface area contributed by atoms with Gasteiger partial charge in [0.25, 0.3) is 0 Å². The normalized spacial score (nSPS) is 14.2. The molecule has 3 aromatic carbocycles. The fraction of sp³-hybridized carbons (Fsp3) is 0.243. The minimum Gasteiger partial charge on any atom is -0.493 e. The van der Waals surface area contributed by atoms with Gasteiger partial charge in [-0.2, -0.15) is 0 Å². The summed E-state index contributed by atoms with van der Waals surface area (Å²) in [5.74, 6) is 1.86. The molecule has 2 amide bonds. The maximum atomic E-state index is 13.3. The molecule has 0 fully saturated rings. The lowest BCUT2D eigenvalue weighted by molar-refractivity contribution is 0.255. The number of hydrogen-bond acceptors (Lipinski definition) is 5. The van der Waals surface area contributed by atoms with Crippen molar-refractivity contribution in [2.75, 3.05) is 24.9 Å². The number of aromatic nitrogens is 1. The molecule has 0 radical (unpaired) electrons. The number of methoxy groups -OCH3 is 2. The van der Waals surface area contributed by atoms with Crippen LogP contribution in [0.5, 0.6) is 11.5 Å². The van der Waals surface area contributed by atoms with Gasteiger partial charge >= 0.3 is 6.03 Å². The van der Waals surface area contributed by atoms with E-state index in [0.29, 0.717) is 23.6 Å². The quantitative estimate of drug-likeness (QED) is 0.192. The highest BCUT2D eigenvalue weighted by Gasteiger charge is 2.23. The molecule has 0 bridgehead atoms. The highest BCUT2D eigenvalue weighted by molar-refractivity contribution is 6.00. The van der Waals surface area contributed by atoms with Crippen molar-refractivity contribution in [3.8, 4) is 11.5 Å². The second-order valence-electron chi connectivity index (χ2n) is 11.9. The Morgan fingerprint density at radius 2 is 1.64 bits per heavy atom. The van der Waals surface area contributed by atoms with E-state index in [-0.39, 0.29) is 17.5 Å². The van der Waals surface area contributed by atoms with Crippen LogP contribution in [-0.4, -0.2) is 25.2 Å². The van der Waals surface area contributed by atoms with Crippen molar-refractivity contribution in [2.24, 2.45) is 0 Å². The van der Waals surface area contributed by atoms with E-state index in [0.717, 1.165) is 39.3 Å². The van der Waals surface area contributed by atoms with Crippen LogP contribution < -0.4 is 25.4 Å². The Hall–Kier alpha value is -5.04. The van der Waals surface area contributed by atoms with Crippen LogP contribution in [0.25, 0.3) is 17.3 Å². The van der Waals surface area contributed by atoms with Crippen molar-refractivity contribution in [3.05, 3.63) is 119 Å². The highest BCUT2D eigenvalue weighted by atomic mass is 16.5. The second kappa shape index (κ2) is 13.1. The Kier molecular flexibility index (Phi) is 9.04. The maximum absolute atomic E-state index is 13.3. The number of anilines is 2. The highest BCUT2D eigenvalue weighted by Crippen LogP contribution is 2.40. The second-order valence-corrected chi connectivity index (χ2v) is 11.9. The fourth-order valence-electron chi connectivity index (χ4n) is 5.31. The van der Waals surface area contributed by atoms with Gasteiger partial charge in [0.1, 0.15) is 5.82 Å². The van der Waals surface area contributed by atoms with Crippen molar-refractivity contribution >= 4 is 34.9 Å². The van der Waals surface area contributed by atoms with Crippen LogP contribution in [0.1, 0.15) is 68.0 Å². The molecule has 7 nitrogen and oxygen atoms in total. The monoisotopic (exact) mass is 588 g/mol. The van der Waals surface area contributed by atoms with E-state index in [4.69, 9.17) is 9.47 Å². The number of pyridine rings is 1. The minimum atomic E-state index is -0.359. The van der Waals surface area contributed by atoms with Crippen LogP contribution in [0.15, 0.2) is 91.1 Å². The molecular weight excluding hydrogens is 548 g/mol. The standard InChI is InChI=1S/C37H40N4O3/c1-24(26-12-8-7-9-13-26)39-34-21-25(18-19-38-34)20-27-16-17-31(30-15-11-10-14-29(27)30)40-36(42)41-32-22-28(37(2,3)4)23-33(43-5)35(32)44-6/h7-15,17-24H,16H2,1-6H3,(H,38,39)(H2,40,41,42). The SMILES string of the molecule is COc1cc(C(C)(C)C)cc(NC(=O)NC2=CCC(=Cc3ccnc(NC(C)c4ccccc4)c3)c3ccccc32)c1OC. The lowest BCUT2D eigenvalue weighted by Crippen LogP contribution is -2.29. The van der Waals surface area contributed by atoms with Gasteiger partial charge in [-0.25, -0.2) is 9.78 Å². The molecule has 1 aromatic heterocycles. The number of rotatable bonds is 8. The number of carbonyl (C=O) groups excluding carboxylic acids is 1. The Morgan fingerprint density at radius 1 is 0.909 bits per heavy atom. The zero-order chi connectivity index (χ0) is 31.3. The molecule has 226 valence electrons. The number of fused-ring (bicyclic) bond motifs is 1. The molecule has 0 spiro atoms. The average molecular weight is 589 g/mol. The van der Waals surface area contributed by atoms with Crippen LogP contribution >= 0.6 is 0 Å². The van der Waals surface area contributed by atoms with Gasteiger partial charge in [0.15, 0.2) is 11.5 Å². The first-order chi connectivity index (χ1) is 21.2. The summed E-state index contributed by atoms with van der Waals surface area (Å²) in [7, 11) is 3.16. The summed E-state index contributed by atoms with van der Waals surface area (Å²) in [5, 5.41) is 9.56. The van der Waals surface area contributed by atoms with Crippen molar-refractivity contribution in [3.63, 3.8) is 0 Å². The summed E-state index contributed by atoms with van der Waals surface area (Å²) < 4.78 is 11.2. The lowest BCUT2D eigenvalue weighted by Gasteiger charge is -2.24. The largest absolute Gasteiger partial charge is 0.493 e. The number of ether oxygens (including phenoxy) is 2. The molecule has 3 N–H and O–H groups in total. The molecule has 1 aliphatic carbocycles. The van der Waals surface area contributed by atoms with Crippen LogP contribution in [0.4, 0.5) is 16.3 Å². The Labute approximate surface area is 260 Å². The molecule has 1 atom stereocenters. The van der Waals surface area contributed by atoms with E-state index in [1.54, 1.807) is 14.2 Å². The zero-order valence-corrected chi connectivity index (χ0v) is 26.2. The molecule has 0 saturated heterocycles. The van der Waals surface area contributed by atoms with Gasteiger partial charge in [-0.05, 0) is 70.9 Å². The molecule has 1 heterocycles. The number of hydrogen-bond donors (Lipinski definition) is 3. The third kappa shape index (κ3) is 6.94. The van der Waals surface area contributed by atoms with E-state index in [1.165, 1.54) is 5.56 Å². The van der Waals surface area contributed by atoms with Crippen molar-refractivity contribution in [2.45, 2.75) is 45.6 Å². The van der Waals surface area contributed by atoms with Crippen molar-refractivity contribution < 1.29 is 14.3 Å². The number of benzene rings is 3. The summed E-state index contributed by atoms with van der Waals surface area (Å²) in [4.78, 5) is 17.9. The summed E-state index contributed by atoms with van der Waals surface area (Å²) in [6.07, 6.45) is 6.72. The van der Waals surface area contributed by atoms with Gasteiger partial charge < -0.3 is 25.4 Å². The summed E-state index contributed by atoms with van der Waals surface area (Å²) >= 11 is 0. The van der Waals surface area contributed by atoms with Gasteiger partial charge in [-0.15, -0.1) is 0 Å². The molecule has 44 heavy (non-hydrogen) atoms. The Bertz CT molecular complexity index is 1700. The molecule has 1 aliphatic rings. The smallest absolute Gasteiger partial charge is 0.323 e. The van der Waals surface area contributed by atoms with Crippen molar-refractivity contribution in [1.29, 1.82) is 0 Å². The summed E-state index contributed by atoms with van der Waals surface area (Å²) in [6, 6.07) is 26.2. The summed E-state index contributed by atoms with van der Waals surface area (Å²) in [5.41, 5.74) is 7.61. The molecular formula is C37H40N4O3. The third-order valence-corrected chi connectivity index (χ3v) is 7.72. The number of allylic oxidation sites excluding steroid dienone is 2. The number of amides is 2. The predicted octanol–water partition coefficient (Wildman–Crippen LogP) is 8.68. The Balaban J connectivity index is 1.35. The molecule has 4 aromatic rings. The van der Waals surface area contributed by atoms with E-state index >= 15 is 0 Å². The van der Waals surface area contributed by atoms with E-state index in [2.05, 4.69) is 85.0 Å². The predicted molar refractivity (Wildman–Crippen MR) is 180 cm³/mol. The Morgan fingerprint density at radius 3 is 2.34 bits per heavy atom. The molecule has 1 unspecified atom stereocenters. The molecule has 0 saturated carbocycles. The van der Waals surface area contributed by atoms with Crippen LogP contribution in [-0.2, 0) is 5.41 Å². The number of nitrogens with zero attached hydrogens (tertiary/aromatic N) is 1. The van der Waals surface area contributed by atoms with Gasteiger partial charge in [-0.3, -0.25) is 0 Å². The zero-order valence-electron chi connectivity index (χ0n) is 26.2. The third-order valence-electron chi connectivity index (χ3n) is 7.72. The summed E-state index contributed by atoms with van der Waals surface area (Å²) in [6.45, 7) is 8.47. The van der Waals surface area contributed by atoms with Crippen LogP contribution in [0.3, 0.4) is 0 Å². The van der Waals surface area contributed by atoms with Crippen LogP contribution in [0, 0.1) is 0 Å². The van der Waals surface area contributed by atoms with Gasteiger partial charge in [-0.1, -0.05) is 87.5 Å². The topological polar surface area (TPSA) is 84.5 Å². The van der Waals surface area contributed by atoms with E-state index in [1.807, 2.05) is 60.8 Å². The minimum absolute atomic E-state index is 0.127. The number of urea groups is 1. The van der Waals surface area contributed by atoms with Gasteiger partial charge in [0, 0.05) is 23.5 Å². The maximum Gasteiger partial charge on any atom is 0.323 e. The average Bonchev–Trinajstić information content (AvgIpc) is 3.02. The first kappa shape index (κ1) is 30.4. The van der Waals surface area contributed by atoms with E-state index in [9.17, 15) is 4.79 Å². The van der Waals surface area contributed by atoms with E-state index < -0.39 is 0 Å². The first-order valence-corrected chi connectivity index (χ1v) is 14.8. The molecule has 0 aliphatic heterocycles. The van der Waals surface area contributed by atoms with Crippen LogP contribution in [0.2, 0.25) is 0 Å².